The fraction of sp³-hybridized carbons (Fsp3) is 0.417. The lowest BCUT2D eigenvalue weighted by Gasteiger charge is -2.35. The first kappa shape index (κ1) is 11.1. The molecule has 1 unspecified atom stereocenters. The SMILES string of the molecule is CC(=O)N1CCNCC1c1cccc(F)c1. The molecule has 0 spiro atoms. The lowest BCUT2D eigenvalue weighted by atomic mass is 10.0. The standard InChI is InChI=1S/C12H15FN2O/c1-9(16)15-6-5-14-8-12(15)10-3-2-4-11(13)7-10/h2-4,7,12,14H,5-6,8H2,1H3. The molecule has 16 heavy (non-hydrogen) atoms. The molecular formula is C12H15FN2O. The van der Waals surface area contributed by atoms with Gasteiger partial charge in [-0.1, -0.05) is 12.1 Å². The minimum atomic E-state index is -0.258. The molecule has 0 saturated carbocycles. The van der Waals surface area contributed by atoms with Gasteiger partial charge >= 0.3 is 0 Å². The normalized spacial score (nSPS) is 20.9. The number of hydrogen-bond acceptors (Lipinski definition) is 2. The van der Waals surface area contributed by atoms with Gasteiger partial charge in [0.05, 0.1) is 6.04 Å². The third-order valence-corrected chi connectivity index (χ3v) is 2.88. The molecule has 0 bridgehead atoms. The number of halogens is 1. The highest BCUT2D eigenvalue weighted by molar-refractivity contribution is 5.74. The van der Waals surface area contributed by atoms with Gasteiger partial charge in [0.25, 0.3) is 0 Å². The number of benzene rings is 1. The average molecular weight is 222 g/mol. The van der Waals surface area contributed by atoms with E-state index in [1.165, 1.54) is 12.1 Å². The zero-order valence-electron chi connectivity index (χ0n) is 9.24. The van der Waals surface area contributed by atoms with Crippen LogP contribution in [0.25, 0.3) is 0 Å². The zero-order chi connectivity index (χ0) is 11.5. The van der Waals surface area contributed by atoms with E-state index >= 15 is 0 Å². The van der Waals surface area contributed by atoms with Gasteiger partial charge in [-0.05, 0) is 17.7 Å². The van der Waals surface area contributed by atoms with Crippen LogP contribution in [0.4, 0.5) is 4.39 Å². The molecule has 1 fully saturated rings. The molecule has 0 aromatic heterocycles. The Balaban J connectivity index is 2.26. The number of nitrogens with zero attached hydrogens (tertiary/aromatic N) is 1. The molecule has 1 atom stereocenters. The summed E-state index contributed by atoms with van der Waals surface area (Å²) in [4.78, 5) is 13.3. The fourth-order valence-electron chi connectivity index (χ4n) is 2.09. The van der Waals surface area contributed by atoms with Gasteiger partial charge in [0, 0.05) is 26.6 Å². The van der Waals surface area contributed by atoms with Gasteiger partial charge in [-0.25, -0.2) is 4.39 Å². The van der Waals surface area contributed by atoms with E-state index in [-0.39, 0.29) is 17.8 Å². The number of carbonyl (C=O) groups excluding carboxylic acids is 1. The van der Waals surface area contributed by atoms with E-state index < -0.39 is 0 Å². The van der Waals surface area contributed by atoms with E-state index in [0.717, 1.165) is 12.1 Å². The maximum Gasteiger partial charge on any atom is 0.220 e. The van der Waals surface area contributed by atoms with E-state index in [1.807, 2.05) is 6.07 Å². The molecule has 3 nitrogen and oxygen atoms in total. The number of carbonyl (C=O) groups is 1. The molecule has 1 aromatic carbocycles. The summed E-state index contributed by atoms with van der Waals surface area (Å²) in [5, 5.41) is 3.22. The Morgan fingerprint density at radius 1 is 1.56 bits per heavy atom. The summed E-state index contributed by atoms with van der Waals surface area (Å²) in [6, 6.07) is 6.39. The van der Waals surface area contributed by atoms with Crippen LogP contribution in [-0.2, 0) is 4.79 Å². The Bertz CT molecular complexity index is 394. The summed E-state index contributed by atoms with van der Waals surface area (Å²) in [7, 11) is 0. The summed E-state index contributed by atoms with van der Waals surface area (Å²) in [6.07, 6.45) is 0. The van der Waals surface area contributed by atoms with Crippen molar-refractivity contribution >= 4 is 5.91 Å². The molecule has 0 radical (unpaired) electrons. The molecule has 1 aliphatic heterocycles. The lowest BCUT2D eigenvalue weighted by molar-refractivity contribution is -0.132. The van der Waals surface area contributed by atoms with Crippen LogP contribution in [0.1, 0.15) is 18.5 Å². The van der Waals surface area contributed by atoms with E-state index in [4.69, 9.17) is 0 Å². The summed E-state index contributed by atoms with van der Waals surface area (Å²) < 4.78 is 13.1. The Morgan fingerprint density at radius 2 is 2.38 bits per heavy atom. The van der Waals surface area contributed by atoms with Crippen molar-refractivity contribution in [2.45, 2.75) is 13.0 Å². The van der Waals surface area contributed by atoms with Crippen molar-refractivity contribution in [1.29, 1.82) is 0 Å². The minimum Gasteiger partial charge on any atom is -0.333 e. The Hall–Kier alpha value is -1.42. The summed E-state index contributed by atoms with van der Waals surface area (Å²) in [5.41, 5.74) is 0.849. The van der Waals surface area contributed by atoms with Crippen LogP contribution < -0.4 is 5.32 Å². The number of piperazine rings is 1. The van der Waals surface area contributed by atoms with Gasteiger partial charge in [-0.15, -0.1) is 0 Å². The van der Waals surface area contributed by atoms with Crippen molar-refractivity contribution in [2.24, 2.45) is 0 Å². The first-order valence-electron chi connectivity index (χ1n) is 5.42. The fourth-order valence-corrected chi connectivity index (χ4v) is 2.09. The quantitative estimate of drug-likeness (QED) is 0.777. The number of amides is 1. The second-order valence-corrected chi connectivity index (χ2v) is 3.99. The Morgan fingerprint density at radius 3 is 3.06 bits per heavy atom. The summed E-state index contributed by atoms with van der Waals surface area (Å²) in [5.74, 6) is -0.220. The van der Waals surface area contributed by atoms with Crippen LogP contribution in [0.3, 0.4) is 0 Å². The molecule has 1 heterocycles. The van der Waals surface area contributed by atoms with Crippen molar-refractivity contribution in [2.75, 3.05) is 19.6 Å². The molecule has 1 saturated heterocycles. The van der Waals surface area contributed by atoms with E-state index in [0.29, 0.717) is 13.1 Å². The highest BCUT2D eigenvalue weighted by Crippen LogP contribution is 2.22. The largest absolute Gasteiger partial charge is 0.333 e. The van der Waals surface area contributed by atoms with Crippen molar-refractivity contribution < 1.29 is 9.18 Å². The molecule has 4 heteroatoms. The maximum absolute atomic E-state index is 13.1. The zero-order valence-corrected chi connectivity index (χ0v) is 9.24. The Kier molecular flexibility index (Phi) is 3.19. The summed E-state index contributed by atoms with van der Waals surface area (Å²) >= 11 is 0. The molecular weight excluding hydrogens is 207 g/mol. The van der Waals surface area contributed by atoms with Crippen molar-refractivity contribution in [3.8, 4) is 0 Å². The predicted octanol–water partition coefficient (Wildman–Crippen LogP) is 1.32. The van der Waals surface area contributed by atoms with E-state index in [1.54, 1.807) is 17.9 Å². The topological polar surface area (TPSA) is 32.3 Å². The number of rotatable bonds is 1. The van der Waals surface area contributed by atoms with Crippen molar-refractivity contribution in [3.63, 3.8) is 0 Å². The number of nitrogens with one attached hydrogen (secondary N) is 1. The average Bonchev–Trinajstić information content (AvgIpc) is 2.29. The number of hydrogen-bond donors (Lipinski definition) is 1. The second kappa shape index (κ2) is 4.61. The molecule has 2 rings (SSSR count). The Labute approximate surface area is 94.3 Å². The van der Waals surface area contributed by atoms with Crippen LogP contribution in [0.2, 0.25) is 0 Å². The van der Waals surface area contributed by atoms with Crippen molar-refractivity contribution in [1.82, 2.24) is 10.2 Å². The molecule has 1 aliphatic rings. The smallest absolute Gasteiger partial charge is 0.220 e. The van der Waals surface area contributed by atoms with Crippen LogP contribution in [0.15, 0.2) is 24.3 Å². The van der Waals surface area contributed by atoms with Gasteiger partial charge in [0.2, 0.25) is 5.91 Å². The first-order chi connectivity index (χ1) is 7.68. The second-order valence-electron chi connectivity index (χ2n) is 3.99. The predicted molar refractivity (Wildman–Crippen MR) is 59.4 cm³/mol. The van der Waals surface area contributed by atoms with Gasteiger partial charge in [-0.2, -0.15) is 0 Å². The van der Waals surface area contributed by atoms with Crippen LogP contribution in [0.5, 0.6) is 0 Å². The highest BCUT2D eigenvalue weighted by atomic mass is 19.1. The minimum absolute atomic E-state index is 0.0377. The van der Waals surface area contributed by atoms with Crippen LogP contribution in [0, 0.1) is 5.82 Å². The summed E-state index contributed by atoms with van der Waals surface area (Å²) in [6.45, 7) is 3.71. The van der Waals surface area contributed by atoms with E-state index in [9.17, 15) is 9.18 Å². The molecule has 86 valence electrons. The van der Waals surface area contributed by atoms with Crippen LogP contribution in [-0.4, -0.2) is 30.4 Å². The van der Waals surface area contributed by atoms with E-state index in [2.05, 4.69) is 5.32 Å². The lowest BCUT2D eigenvalue weighted by Crippen LogP contribution is -2.47. The van der Waals surface area contributed by atoms with Crippen LogP contribution >= 0.6 is 0 Å². The molecule has 1 aromatic rings. The third kappa shape index (κ3) is 2.22. The van der Waals surface area contributed by atoms with Gasteiger partial charge in [0.1, 0.15) is 5.82 Å². The monoisotopic (exact) mass is 222 g/mol. The van der Waals surface area contributed by atoms with Gasteiger partial charge in [0.15, 0.2) is 0 Å². The first-order valence-corrected chi connectivity index (χ1v) is 5.42. The van der Waals surface area contributed by atoms with Crippen molar-refractivity contribution in [3.05, 3.63) is 35.6 Å². The molecule has 1 amide bonds. The molecule has 0 aliphatic carbocycles. The molecule has 1 N–H and O–H groups in total. The van der Waals surface area contributed by atoms with Gasteiger partial charge < -0.3 is 10.2 Å². The maximum atomic E-state index is 13.1. The highest BCUT2D eigenvalue weighted by Gasteiger charge is 2.25. The van der Waals surface area contributed by atoms with Gasteiger partial charge in [-0.3, -0.25) is 4.79 Å². The third-order valence-electron chi connectivity index (χ3n) is 2.88.